The van der Waals surface area contributed by atoms with E-state index in [0.29, 0.717) is 6.54 Å². The monoisotopic (exact) mass is 239 g/mol. The molecule has 1 heterocycles. The molecule has 1 amide bonds. The number of rotatable bonds is 5. The van der Waals surface area contributed by atoms with Crippen molar-refractivity contribution in [3.63, 3.8) is 0 Å². The Bertz CT molecular complexity index is 371. The molecule has 1 aromatic rings. The van der Waals surface area contributed by atoms with Crippen LogP contribution in [0.25, 0.3) is 6.08 Å². The van der Waals surface area contributed by atoms with Crippen LogP contribution < -0.4 is 5.32 Å². The molecule has 0 bridgehead atoms. The number of likely N-dealkylation sites (N-methyl/N-ethyl adjacent to an activating group) is 1. The van der Waals surface area contributed by atoms with Crippen molar-refractivity contribution in [1.29, 1.82) is 0 Å². The molecule has 1 N–H and O–H groups in total. The van der Waals surface area contributed by atoms with Gasteiger partial charge in [0.05, 0.1) is 0 Å². The molecule has 86 valence electrons. The molecule has 0 unspecified atom stereocenters. The van der Waals surface area contributed by atoms with E-state index in [4.69, 9.17) is 4.74 Å². The highest BCUT2D eigenvalue weighted by molar-refractivity contribution is 7.10. The molecular formula is C11H13NO3S. The summed E-state index contributed by atoms with van der Waals surface area (Å²) in [6.45, 7) is 2.10. The van der Waals surface area contributed by atoms with E-state index < -0.39 is 5.97 Å². The highest BCUT2D eigenvalue weighted by atomic mass is 32.1. The van der Waals surface area contributed by atoms with E-state index in [2.05, 4.69) is 5.32 Å². The first-order chi connectivity index (χ1) is 7.72. The number of ether oxygens (including phenoxy) is 1. The second-order valence-electron chi connectivity index (χ2n) is 2.91. The van der Waals surface area contributed by atoms with Crippen LogP contribution in [-0.4, -0.2) is 25.0 Å². The fraction of sp³-hybridized carbons (Fsp3) is 0.273. The Hall–Kier alpha value is -1.62. The molecule has 4 nitrogen and oxygen atoms in total. The number of hydrogen-bond donors (Lipinski definition) is 1. The Kier molecular flexibility index (Phi) is 5.28. The van der Waals surface area contributed by atoms with Crippen molar-refractivity contribution < 1.29 is 14.3 Å². The molecule has 0 fully saturated rings. The van der Waals surface area contributed by atoms with Gasteiger partial charge in [0, 0.05) is 17.5 Å². The fourth-order valence-corrected chi connectivity index (χ4v) is 1.59. The fourth-order valence-electron chi connectivity index (χ4n) is 0.969. The Morgan fingerprint density at radius 3 is 3.00 bits per heavy atom. The van der Waals surface area contributed by atoms with Gasteiger partial charge in [0.2, 0.25) is 0 Å². The summed E-state index contributed by atoms with van der Waals surface area (Å²) in [5.41, 5.74) is 0. The quantitative estimate of drug-likeness (QED) is 0.625. The van der Waals surface area contributed by atoms with Crippen LogP contribution in [0.1, 0.15) is 11.8 Å². The van der Waals surface area contributed by atoms with Crippen molar-refractivity contribution in [2.24, 2.45) is 0 Å². The number of carbonyl (C=O) groups excluding carboxylic acids is 2. The predicted octanol–water partition coefficient (Wildman–Crippen LogP) is 1.44. The van der Waals surface area contributed by atoms with Gasteiger partial charge in [-0.05, 0) is 24.4 Å². The number of amides is 1. The minimum atomic E-state index is -0.514. The summed E-state index contributed by atoms with van der Waals surface area (Å²) >= 11 is 1.52. The summed E-state index contributed by atoms with van der Waals surface area (Å²) in [4.78, 5) is 23.1. The third kappa shape index (κ3) is 4.75. The van der Waals surface area contributed by atoms with Crippen LogP contribution in [0.4, 0.5) is 0 Å². The van der Waals surface area contributed by atoms with Crippen LogP contribution in [0.2, 0.25) is 0 Å². The SMILES string of the molecule is CCNC(=O)COC(=O)C=Cc1cccs1. The summed E-state index contributed by atoms with van der Waals surface area (Å²) in [5.74, 6) is -0.806. The molecule has 0 aromatic carbocycles. The third-order valence-corrected chi connectivity index (χ3v) is 2.48. The highest BCUT2D eigenvalue weighted by Gasteiger charge is 2.02. The average molecular weight is 239 g/mol. The molecular weight excluding hydrogens is 226 g/mol. The van der Waals surface area contributed by atoms with Gasteiger partial charge in [0.1, 0.15) is 0 Å². The average Bonchev–Trinajstić information content (AvgIpc) is 2.77. The van der Waals surface area contributed by atoms with Gasteiger partial charge in [-0.15, -0.1) is 11.3 Å². The molecule has 0 aliphatic rings. The molecule has 0 aliphatic heterocycles. The Balaban J connectivity index is 2.28. The molecule has 0 spiro atoms. The van der Waals surface area contributed by atoms with E-state index in [1.165, 1.54) is 17.4 Å². The van der Waals surface area contributed by atoms with Gasteiger partial charge >= 0.3 is 5.97 Å². The summed E-state index contributed by atoms with van der Waals surface area (Å²) in [6.07, 6.45) is 2.97. The standard InChI is InChI=1S/C11H13NO3S/c1-2-12-10(13)8-15-11(14)6-5-9-4-3-7-16-9/h3-7H,2,8H2,1H3,(H,12,13). The van der Waals surface area contributed by atoms with Crippen LogP contribution in [-0.2, 0) is 14.3 Å². The minimum Gasteiger partial charge on any atom is -0.452 e. The van der Waals surface area contributed by atoms with Gasteiger partial charge < -0.3 is 10.1 Å². The Labute approximate surface area is 97.9 Å². The smallest absolute Gasteiger partial charge is 0.331 e. The van der Waals surface area contributed by atoms with Crippen molar-refractivity contribution >= 4 is 29.3 Å². The van der Waals surface area contributed by atoms with Gasteiger partial charge in [-0.2, -0.15) is 0 Å². The van der Waals surface area contributed by atoms with Crippen LogP contribution in [0.15, 0.2) is 23.6 Å². The van der Waals surface area contributed by atoms with Crippen molar-refractivity contribution in [1.82, 2.24) is 5.32 Å². The maximum absolute atomic E-state index is 11.2. The highest BCUT2D eigenvalue weighted by Crippen LogP contribution is 2.09. The zero-order valence-electron chi connectivity index (χ0n) is 8.93. The maximum atomic E-state index is 11.2. The van der Waals surface area contributed by atoms with Crippen LogP contribution >= 0.6 is 11.3 Å². The second kappa shape index (κ2) is 6.79. The molecule has 0 aliphatic carbocycles. The molecule has 0 saturated heterocycles. The zero-order valence-corrected chi connectivity index (χ0v) is 9.75. The molecule has 16 heavy (non-hydrogen) atoms. The molecule has 5 heteroatoms. The number of thiophene rings is 1. The first-order valence-corrected chi connectivity index (χ1v) is 5.75. The largest absolute Gasteiger partial charge is 0.452 e. The number of hydrogen-bond acceptors (Lipinski definition) is 4. The van der Waals surface area contributed by atoms with Crippen LogP contribution in [0.5, 0.6) is 0 Å². The van der Waals surface area contributed by atoms with Gasteiger partial charge in [0.15, 0.2) is 6.61 Å². The van der Waals surface area contributed by atoms with Gasteiger partial charge in [0.25, 0.3) is 5.91 Å². The van der Waals surface area contributed by atoms with Crippen molar-refractivity contribution in [2.45, 2.75) is 6.92 Å². The van der Waals surface area contributed by atoms with Gasteiger partial charge in [-0.3, -0.25) is 4.79 Å². The lowest BCUT2D eigenvalue weighted by atomic mass is 10.4. The lowest BCUT2D eigenvalue weighted by Crippen LogP contribution is -2.28. The summed E-state index contributed by atoms with van der Waals surface area (Å²) in [7, 11) is 0. The molecule has 0 radical (unpaired) electrons. The zero-order chi connectivity index (χ0) is 11.8. The Morgan fingerprint density at radius 1 is 1.56 bits per heavy atom. The molecule has 1 rings (SSSR count). The topological polar surface area (TPSA) is 55.4 Å². The molecule has 0 atom stereocenters. The first-order valence-electron chi connectivity index (χ1n) is 4.87. The first kappa shape index (κ1) is 12.4. The van der Waals surface area contributed by atoms with Crippen LogP contribution in [0, 0.1) is 0 Å². The normalized spacial score (nSPS) is 10.3. The summed E-state index contributed by atoms with van der Waals surface area (Å²) < 4.78 is 4.72. The number of carbonyl (C=O) groups is 2. The van der Waals surface area contributed by atoms with Gasteiger partial charge in [-0.1, -0.05) is 6.07 Å². The van der Waals surface area contributed by atoms with E-state index in [9.17, 15) is 9.59 Å². The van der Waals surface area contributed by atoms with Gasteiger partial charge in [-0.25, -0.2) is 4.79 Å². The van der Waals surface area contributed by atoms with Crippen molar-refractivity contribution in [2.75, 3.05) is 13.2 Å². The van der Waals surface area contributed by atoms with Crippen molar-refractivity contribution in [3.8, 4) is 0 Å². The predicted molar refractivity (Wildman–Crippen MR) is 63.0 cm³/mol. The van der Waals surface area contributed by atoms with E-state index in [1.807, 2.05) is 17.5 Å². The van der Waals surface area contributed by atoms with E-state index in [1.54, 1.807) is 13.0 Å². The number of esters is 1. The second-order valence-corrected chi connectivity index (χ2v) is 3.89. The number of nitrogens with one attached hydrogen (secondary N) is 1. The van der Waals surface area contributed by atoms with Crippen molar-refractivity contribution in [3.05, 3.63) is 28.5 Å². The van der Waals surface area contributed by atoms with E-state index >= 15 is 0 Å². The maximum Gasteiger partial charge on any atom is 0.331 e. The van der Waals surface area contributed by atoms with E-state index in [-0.39, 0.29) is 12.5 Å². The molecule has 0 saturated carbocycles. The Morgan fingerprint density at radius 2 is 2.38 bits per heavy atom. The van der Waals surface area contributed by atoms with Crippen LogP contribution in [0.3, 0.4) is 0 Å². The molecule has 1 aromatic heterocycles. The lowest BCUT2D eigenvalue weighted by molar-refractivity contribution is -0.143. The summed E-state index contributed by atoms with van der Waals surface area (Å²) in [6, 6.07) is 3.78. The minimum absolute atomic E-state index is 0.235. The lowest BCUT2D eigenvalue weighted by Gasteiger charge is -2.01. The third-order valence-electron chi connectivity index (χ3n) is 1.65. The van der Waals surface area contributed by atoms with E-state index in [0.717, 1.165) is 4.88 Å². The summed E-state index contributed by atoms with van der Waals surface area (Å²) in [5, 5.41) is 4.45.